The van der Waals surface area contributed by atoms with Crippen LogP contribution in [0.25, 0.3) is 22.2 Å². The SMILES string of the molecule is Cc1ccccc1C[S+]([O-])c1nnc(-c2csc(-c3ccccc3C)n2)o1. The molecule has 4 rings (SSSR count). The molecule has 0 aliphatic rings. The number of thiazole rings is 1. The molecule has 0 saturated heterocycles. The molecule has 0 radical (unpaired) electrons. The highest BCUT2D eigenvalue weighted by atomic mass is 32.2. The topological polar surface area (TPSA) is 74.9 Å². The van der Waals surface area contributed by atoms with Gasteiger partial charge in [-0.1, -0.05) is 53.6 Å². The Balaban J connectivity index is 1.55. The van der Waals surface area contributed by atoms with Crippen LogP contribution in [0.2, 0.25) is 0 Å². The summed E-state index contributed by atoms with van der Waals surface area (Å²) in [5.74, 6) is 0.638. The second-order valence-corrected chi connectivity index (χ2v) is 8.33. The van der Waals surface area contributed by atoms with E-state index in [1.54, 1.807) is 0 Å². The second-order valence-electron chi connectivity index (χ2n) is 6.14. The predicted molar refractivity (Wildman–Crippen MR) is 107 cm³/mol. The van der Waals surface area contributed by atoms with Gasteiger partial charge in [-0.2, -0.15) is 0 Å². The quantitative estimate of drug-likeness (QED) is 0.454. The smallest absolute Gasteiger partial charge is 0.436 e. The molecule has 2 heterocycles. The summed E-state index contributed by atoms with van der Waals surface area (Å²) in [6, 6.07) is 15.9. The minimum absolute atomic E-state index is 0.124. The molecular formula is C20H17N3O2S2. The molecule has 5 nitrogen and oxygen atoms in total. The van der Waals surface area contributed by atoms with E-state index in [-0.39, 0.29) is 5.22 Å². The molecule has 2 aromatic heterocycles. The van der Waals surface area contributed by atoms with E-state index in [4.69, 9.17) is 4.42 Å². The van der Waals surface area contributed by atoms with E-state index < -0.39 is 11.2 Å². The highest BCUT2D eigenvalue weighted by Gasteiger charge is 2.23. The van der Waals surface area contributed by atoms with Gasteiger partial charge in [-0.05, 0) is 25.0 Å². The van der Waals surface area contributed by atoms with Crippen LogP contribution < -0.4 is 0 Å². The van der Waals surface area contributed by atoms with Gasteiger partial charge >= 0.3 is 5.22 Å². The van der Waals surface area contributed by atoms with Crippen molar-refractivity contribution in [3.63, 3.8) is 0 Å². The van der Waals surface area contributed by atoms with Crippen LogP contribution in [0.15, 0.2) is 63.6 Å². The predicted octanol–water partition coefficient (Wildman–Crippen LogP) is 4.78. The van der Waals surface area contributed by atoms with Crippen molar-refractivity contribution in [3.8, 4) is 22.2 Å². The number of aromatic nitrogens is 3. The number of aryl methyl sites for hydroxylation is 2. The molecule has 1 unspecified atom stereocenters. The van der Waals surface area contributed by atoms with Crippen LogP contribution in [0.1, 0.15) is 16.7 Å². The molecule has 0 aliphatic carbocycles. The zero-order valence-corrected chi connectivity index (χ0v) is 16.5. The van der Waals surface area contributed by atoms with Gasteiger partial charge in [0.2, 0.25) is 0 Å². The minimum atomic E-state index is -1.40. The number of rotatable bonds is 5. The Labute approximate surface area is 164 Å². The van der Waals surface area contributed by atoms with Gasteiger partial charge < -0.3 is 8.97 Å². The van der Waals surface area contributed by atoms with Crippen LogP contribution in [0.3, 0.4) is 0 Å². The van der Waals surface area contributed by atoms with E-state index in [2.05, 4.69) is 28.2 Å². The van der Waals surface area contributed by atoms with E-state index in [1.165, 1.54) is 11.3 Å². The van der Waals surface area contributed by atoms with Crippen molar-refractivity contribution in [1.82, 2.24) is 15.2 Å². The van der Waals surface area contributed by atoms with Gasteiger partial charge in [-0.3, -0.25) is 0 Å². The third-order valence-electron chi connectivity index (χ3n) is 4.25. The standard InChI is InChI=1S/C20H17N3O2S2/c1-13-7-3-5-9-15(13)12-27(24)20-23-22-18(25-20)17-11-26-19(21-17)16-10-6-4-8-14(16)2/h3-11H,12H2,1-2H3. The third-order valence-corrected chi connectivity index (χ3v) is 6.25. The Morgan fingerprint density at radius 3 is 2.52 bits per heavy atom. The van der Waals surface area contributed by atoms with Crippen LogP contribution >= 0.6 is 11.3 Å². The van der Waals surface area contributed by atoms with Gasteiger partial charge in [0.25, 0.3) is 5.89 Å². The first-order valence-corrected chi connectivity index (χ1v) is 10.6. The molecule has 0 aliphatic heterocycles. The van der Waals surface area contributed by atoms with E-state index >= 15 is 0 Å². The van der Waals surface area contributed by atoms with Crippen molar-refractivity contribution in [2.24, 2.45) is 0 Å². The van der Waals surface area contributed by atoms with Gasteiger partial charge in [0, 0.05) is 16.5 Å². The van der Waals surface area contributed by atoms with Crippen LogP contribution in [0.5, 0.6) is 0 Å². The zero-order valence-electron chi connectivity index (χ0n) is 14.9. The summed E-state index contributed by atoms with van der Waals surface area (Å²) in [6.45, 7) is 4.05. The molecule has 1 atom stereocenters. The summed E-state index contributed by atoms with van der Waals surface area (Å²) < 4.78 is 18.2. The number of nitrogens with zero attached hydrogens (tertiary/aromatic N) is 3. The highest BCUT2D eigenvalue weighted by Crippen LogP contribution is 2.30. The average Bonchev–Trinajstić information content (AvgIpc) is 3.33. The third kappa shape index (κ3) is 3.80. The summed E-state index contributed by atoms with van der Waals surface area (Å²) in [4.78, 5) is 4.61. The highest BCUT2D eigenvalue weighted by molar-refractivity contribution is 7.90. The molecule has 136 valence electrons. The van der Waals surface area contributed by atoms with E-state index in [9.17, 15) is 4.55 Å². The zero-order chi connectivity index (χ0) is 18.8. The second kappa shape index (κ2) is 7.64. The van der Waals surface area contributed by atoms with Crippen molar-refractivity contribution in [2.45, 2.75) is 24.8 Å². The molecule has 4 aromatic rings. The number of benzene rings is 2. The first-order chi connectivity index (χ1) is 13.1. The lowest BCUT2D eigenvalue weighted by Gasteiger charge is -2.07. The van der Waals surface area contributed by atoms with Crippen LogP contribution in [0.4, 0.5) is 0 Å². The molecule has 0 bridgehead atoms. The number of hydrogen-bond donors (Lipinski definition) is 0. The summed E-state index contributed by atoms with van der Waals surface area (Å²) in [5, 5.41) is 10.9. The van der Waals surface area contributed by atoms with Gasteiger partial charge in [-0.25, -0.2) is 4.98 Å². The lowest BCUT2D eigenvalue weighted by Crippen LogP contribution is -2.06. The molecule has 0 spiro atoms. The van der Waals surface area contributed by atoms with E-state index in [1.807, 2.05) is 54.8 Å². The molecule has 0 saturated carbocycles. The summed E-state index contributed by atoms with van der Waals surface area (Å²) in [7, 11) is 0. The maximum absolute atomic E-state index is 12.6. The lowest BCUT2D eigenvalue weighted by molar-refractivity contribution is 0.438. The van der Waals surface area contributed by atoms with E-state index in [0.29, 0.717) is 17.3 Å². The first-order valence-electron chi connectivity index (χ1n) is 8.40. The van der Waals surface area contributed by atoms with Crippen molar-refractivity contribution in [2.75, 3.05) is 0 Å². The Bertz CT molecular complexity index is 1070. The summed E-state index contributed by atoms with van der Waals surface area (Å²) in [6.07, 6.45) is 0. The van der Waals surface area contributed by atoms with Crippen LogP contribution in [-0.4, -0.2) is 19.7 Å². The maximum atomic E-state index is 12.6. The van der Waals surface area contributed by atoms with E-state index in [0.717, 1.165) is 27.3 Å². The van der Waals surface area contributed by atoms with Gasteiger partial charge in [0.1, 0.15) is 16.5 Å². The van der Waals surface area contributed by atoms with Gasteiger partial charge in [0.15, 0.2) is 0 Å². The normalized spacial score (nSPS) is 12.3. The Hall–Kier alpha value is -2.48. The van der Waals surface area contributed by atoms with Crippen LogP contribution in [0, 0.1) is 13.8 Å². The molecular weight excluding hydrogens is 378 g/mol. The fourth-order valence-corrected chi connectivity index (χ4v) is 4.61. The first kappa shape index (κ1) is 17.9. The summed E-state index contributed by atoms with van der Waals surface area (Å²) >= 11 is 0.124. The Morgan fingerprint density at radius 1 is 1.00 bits per heavy atom. The molecule has 0 fully saturated rings. The Morgan fingerprint density at radius 2 is 1.74 bits per heavy atom. The monoisotopic (exact) mass is 395 g/mol. The minimum Gasteiger partial charge on any atom is -0.607 e. The molecule has 0 N–H and O–H groups in total. The van der Waals surface area contributed by atoms with Crippen LogP contribution in [-0.2, 0) is 16.9 Å². The number of hydrogen-bond acceptors (Lipinski definition) is 6. The lowest BCUT2D eigenvalue weighted by atomic mass is 10.1. The molecule has 2 aromatic carbocycles. The van der Waals surface area contributed by atoms with Gasteiger partial charge in [-0.15, -0.1) is 16.4 Å². The van der Waals surface area contributed by atoms with Gasteiger partial charge in [0.05, 0.1) is 11.2 Å². The van der Waals surface area contributed by atoms with Crippen molar-refractivity contribution in [3.05, 3.63) is 70.6 Å². The van der Waals surface area contributed by atoms with Crippen molar-refractivity contribution < 1.29 is 8.97 Å². The fourth-order valence-electron chi connectivity index (χ4n) is 2.69. The molecule has 0 amide bonds. The Kier molecular flexibility index (Phi) is 5.07. The largest absolute Gasteiger partial charge is 0.607 e. The maximum Gasteiger partial charge on any atom is 0.436 e. The fraction of sp³-hybridized carbons (Fsp3) is 0.150. The van der Waals surface area contributed by atoms with Crippen molar-refractivity contribution in [1.29, 1.82) is 0 Å². The molecule has 7 heteroatoms. The molecule has 27 heavy (non-hydrogen) atoms. The van der Waals surface area contributed by atoms with Crippen molar-refractivity contribution >= 4 is 22.5 Å². The summed E-state index contributed by atoms with van der Waals surface area (Å²) in [5.41, 5.74) is 4.93. The average molecular weight is 396 g/mol.